The van der Waals surface area contributed by atoms with E-state index >= 15 is 0 Å². The van der Waals surface area contributed by atoms with Gasteiger partial charge in [-0.1, -0.05) is 19.9 Å². The maximum atomic E-state index is 14.0. The molecule has 0 bridgehead atoms. The van der Waals surface area contributed by atoms with Crippen LogP contribution in [0.25, 0.3) is 0 Å². The third-order valence-corrected chi connectivity index (χ3v) is 3.91. The number of benzene rings is 1. The molecule has 0 radical (unpaired) electrons. The summed E-state index contributed by atoms with van der Waals surface area (Å²) in [7, 11) is 0. The first-order valence-corrected chi connectivity index (χ1v) is 6.61. The number of hydrogen-bond donors (Lipinski definition) is 1. The number of aliphatic hydroxyl groups is 1. The van der Waals surface area contributed by atoms with Crippen LogP contribution in [0.1, 0.15) is 45.3 Å². The van der Waals surface area contributed by atoms with Gasteiger partial charge in [-0.05, 0) is 42.9 Å². The summed E-state index contributed by atoms with van der Waals surface area (Å²) in [5.74, 6) is -0.229. The first kappa shape index (κ1) is 13.3. The van der Waals surface area contributed by atoms with Crippen LogP contribution in [0.15, 0.2) is 18.2 Å². The van der Waals surface area contributed by atoms with Crippen molar-refractivity contribution in [2.24, 2.45) is 5.41 Å². The Balaban J connectivity index is 2.15. The minimum absolute atomic E-state index is 0.229. The molecule has 18 heavy (non-hydrogen) atoms. The SMILES string of the molecule is C[C@@H](O)c1ccc(N2CCC(C)(C)CC2)c(F)c1. The lowest BCUT2D eigenvalue weighted by atomic mass is 9.82. The molecule has 1 atom stereocenters. The molecule has 1 aliphatic heterocycles. The van der Waals surface area contributed by atoms with Gasteiger partial charge in [0.05, 0.1) is 11.8 Å². The highest BCUT2D eigenvalue weighted by molar-refractivity contribution is 5.49. The smallest absolute Gasteiger partial charge is 0.146 e. The summed E-state index contributed by atoms with van der Waals surface area (Å²) in [6.07, 6.45) is 1.56. The zero-order valence-electron chi connectivity index (χ0n) is 11.4. The van der Waals surface area contributed by atoms with Crippen molar-refractivity contribution >= 4 is 5.69 Å². The summed E-state index contributed by atoms with van der Waals surface area (Å²) < 4.78 is 14.0. The van der Waals surface area contributed by atoms with Crippen molar-refractivity contribution in [3.8, 4) is 0 Å². The van der Waals surface area contributed by atoms with Crippen molar-refractivity contribution in [1.29, 1.82) is 0 Å². The summed E-state index contributed by atoms with van der Waals surface area (Å²) in [4.78, 5) is 2.10. The third kappa shape index (κ3) is 2.83. The van der Waals surface area contributed by atoms with E-state index in [0.717, 1.165) is 25.9 Å². The molecule has 1 aliphatic rings. The Morgan fingerprint density at radius 1 is 1.28 bits per heavy atom. The molecule has 1 heterocycles. The third-order valence-electron chi connectivity index (χ3n) is 3.91. The van der Waals surface area contributed by atoms with Crippen LogP contribution >= 0.6 is 0 Å². The average Bonchev–Trinajstić information content (AvgIpc) is 2.29. The van der Waals surface area contributed by atoms with Crippen LogP contribution in [0.5, 0.6) is 0 Å². The number of nitrogens with zero attached hydrogens (tertiary/aromatic N) is 1. The van der Waals surface area contributed by atoms with Crippen LogP contribution in [-0.2, 0) is 0 Å². The van der Waals surface area contributed by atoms with Gasteiger partial charge in [-0.25, -0.2) is 4.39 Å². The monoisotopic (exact) mass is 251 g/mol. The van der Waals surface area contributed by atoms with Gasteiger partial charge >= 0.3 is 0 Å². The first-order chi connectivity index (χ1) is 8.39. The molecule has 2 nitrogen and oxygen atoms in total. The largest absolute Gasteiger partial charge is 0.389 e. The molecule has 0 amide bonds. The van der Waals surface area contributed by atoms with E-state index in [0.29, 0.717) is 16.7 Å². The zero-order valence-corrected chi connectivity index (χ0v) is 11.4. The summed E-state index contributed by atoms with van der Waals surface area (Å²) in [6.45, 7) is 7.97. The van der Waals surface area contributed by atoms with E-state index in [1.54, 1.807) is 13.0 Å². The van der Waals surface area contributed by atoms with E-state index < -0.39 is 6.10 Å². The van der Waals surface area contributed by atoms with Gasteiger partial charge in [0.25, 0.3) is 0 Å². The molecule has 0 aliphatic carbocycles. The lowest BCUT2D eigenvalue weighted by Crippen LogP contribution is -2.37. The Morgan fingerprint density at radius 3 is 2.39 bits per heavy atom. The van der Waals surface area contributed by atoms with E-state index in [9.17, 15) is 9.50 Å². The van der Waals surface area contributed by atoms with Crippen LogP contribution in [0.2, 0.25) is 0 Å². The fraction of sp³-hybridized carbons (Fsp3) is 0.600. The van der Waals surface area contributed by atoms with E-state index in [2.05, 4.69) is 18.7 Å². The van der Waals surface area contributed by atoms with Crippen molar-refractivity contribution in [1.82, 2.24) is 0 Å². The van der Waals surface area contributed by atoms with Gasteiger partial charge in [0.1, 0.15) is 5.82 Å². The Morgan fingerprint density at radius 2 is 1.89 bits per heavy atom. The van der Waals surface area contributed by atoms with Crippen LogP contribution in [0.3, 0.4) is 0 Å². The van der Waals surface area contributed by atoms with Gasteiger partial charge in [0, 0.05) is 13.1 Å². The number of hydrogen-bond acceptors (Lipinski definition) is 2. The highest BCUT2D eigenvalue weighted by Gasteiger charge is 2.26. The predicted molar refractivity (Wildman–Crippen MR) is 72.3 cm³/mol. The molecule has 2 rings (SSSR count). The summed E-state index contributed by atoms with van der Waals surface area (Å²) in [6, 6.07) is 5.04. The summed E-state index contributed by atoms with van der Waals surface area (Å²) >= 11 is 0. The zero-order chi connectivity index (χ0) is 13.3. The molecular formula is C15H22FNO. The molecule has 100 valence electrons. The Bertz CT molecular complexity index is 419. The second-order valence-electron chi connectivity index (χ2n) is 6.04. The number of piperidine rings is 1. The van der Waals surface area contributed by atoms with Crippen LogP contribution < -0.4 is 4.90 Å². The van der Waals surface area contributed by atoms with E-state index in [1.165, 1.54) is 6.07 Å². The molecule has 1 saturated heterocycles. The predicted octanol–water partition coefficient (Wildman–Crippen LogP) is 3.51. The average molecular weight is 251 g/mol. The quantitative estimate of drug-likeness (QED) is 0.869. The first-order valence-electron chi connectivity index (χ1n) is 6.61. The number of anilines is 1. The van der Waals surface area contributed by atoms with Crippen LogP contribution in [0.4, 0.5) is 10.1 Å². The van der Waals surface area contributed by atoms with E-state index in [1.807, 2.05) is 6.07 Å². The van der Waals surface area contributed by atoms with Gasteiger partial charge in [0.15, 0.2) is 0 Å². The molecule has 0 aromatic heterocycles. The fourth-order valence-corrected chi connectivity index (χ4v) is 2.39. The van der Waals surface area contributed by atoms with Crippen molar-refractivity contribution in [2.75, 3.05) is 18.0 Å². The standard InChI is InChI=1S/C15H22FNO/c1-11(18)12-4-5-14(13(16)10-12)17-8-6-15(2,3)7-9-17/h4-5,10-11,18H,6-9H2,1-3H3/t11-/m1/s1. The molecule has 1 fully saturated rings. The van der Waals surface area contributed by atoms with E-state index in [-0.39, 0.29) is 5.82 Å². The van der Waals surface area contributed by atoms with Gasteiger partial charge in [-0.3, -0.25) is 0 Å². The molecule has 0 spiro atoms. The highest BCUT2D eigenvalue weighted by atomic mass is 19.1. The van der Waals surface area contributed by atoms with Crippen molar-refractivity contribution in [2.45, 2.75) is 39.7 Å². The van der Waals surface area contributed by atoms with Gasteiger partial charge < -0.3 is 10.0 Å². The van der Waals surface area contributed by atoms with Gasteiger partial charge in [-0.2, -0.15) is 0 Å². The summed E-state index contributed by atoms with van der Waals surface area (Å²) in [5.41, 5.74) is 1.66. The molecule has 1 aromatic carbocycles. The van der Waals surface area contributed by atoms with Crippen LogP contribution in [0, 0.1) is 11.2 Å². The molecule has 3 heteroatoms. The number of rotatable bonds is 2. The minimum atomic E-state index is -0.617. The highest BCUT2D eigenvalue weighted by Crippen LogP contribution is 2.33. The molecule has 0 unspecified atom stereocenters. The minimum Gasteiger partial charge on any atom is -0.389 e. The Labute approximate surface area is 108 Å². The lowest BCUT2D eigenvalue weighted by Gasteiger charge is -2.38. The lowest BCUT2D eigenvalue weighted by molar-refractivity contribution is 0.199. The number of aliphatic hydroxyl groups excluding tert-OH is 1. The fourth-order valence-electron chi connectivity index (χ4n) is 2.39. The maximum absolute atomic E-state index is 14.0. The topological polar surface area (TPSA) is 23.5 Å². The normalized spacial score (nSPS) is 20.8. The molecule has 1 aromatic rings. The van der Waals surface area contributed by atoms with Gasteiger partial charge in [-0.15, -0.1) is 0 Å². The van der Waals surface area contributed by atoms with Crippen molar-refractivity contribution in [3.63, 3.8) is 0 Å². The number of halogens is 1. The summed E-state index contributed by atoms with van der Waals surface area (Å²) in [5, 5.41) is 9.44. The van der Waals surface area contributed by atoms with Gasteiger partial charge in [0.2, 0.25) is 0 Å². The maximum Gasteiger partial charge on any atom is 0.146 e. The Hall–Kier alpha value is -1.09. The van der Waals surface area contributed by atoms with E-state index in [4.69, 9.17) is 0 Å². The molecule has 0 saturated carbocycles. The Kier molecular flexibility index (Phi) is 3.62. The second kappa shape index (κ2) is 4.88. The molecular weight excluding hydrogens is 229 g/mol. The van der Waals surface area contributed by atoms with Crippen LogP contribution in [-0.4, -0.2) is 18.2 Å². The molecule has 1 N–H and O–H groups in total. The van der Waals surface area contributed by atoms with Crippen molar-refractivity contribution in [3.05, 3.63) is 29.6 Å². The van der Waals surface area contributed by atoms with Crippen molar-refractivity contribution < 1.29 is 9.50 Å². The second-order valence-corrected chi connectivity index (χ2v) is 6.04.